The molecule has 2 fully saturated rings. The van der Waals surface area contributed by atoms with Crippen LogP contribution in [-0.2, 0) is 29.1 Å². The van der Waals surface area contributed by atoms with Gasteiger partial charge in [-0.1, -0.05) is 0 Å². The third-order valence-electron chi connectivity index (χ3n) is 4.86. The summed E-state index contributed by atoms with van der Waals surface area (Å²) in [5.74, 6) is -3.21. The van der Waals surface area contributed by atoms with Crippen molar-refractivity contribution in [3.63, 3.8) is 0 Å². The van der Waals surface area contributed by atoms with Gasteiger partial charge in [0.1, 0.15) is 16.5 Å². The number of rotatable bonds is 6. The van der Waals surface area contributed by atoms with Crippen molar-refractivity contribution >= 4 is 21.8 Å². The summed E-state index contributed by atoms with van der Waals surface area (Å²) < 4.78 is 64.9. The molecule has 0 unspecified atom stereocenters. The molecule has 2 saturated heterocycles. The van der Waals surface area contributed by atoms with Gasteiger partial charge in [0, 0.05) is 26.2 Å². The van der Waals surface area contributed by atoms with Crippen molar-refractivity contribution in [1.29, 1.82) is 0 Å². The fourth-order valence-corrected chi connectivity index (χ4v) is 4.58. The molecule has 0 saturated carbocycles. The first-order chi connectivity index (χ1) is 14.3. The minimum absolute atomic E-state index is 0.276. The summed E-state index contributed by atoms with van der Waals surface area (Å²) in [6.07, 6.45) is 0. The molecule has 1 aromatic rings. The lowest BCUT2D eigenvalue weighted by atomic mass is 10.3. The van der Waals surface area contributed by atoms with E-state index in [0.717, 1.165) is 6.07 Å². The first-order valence-corrected chi connectivity index (χ1v) is 10.9. The molecule has 12 heteroatoms. The molecule has 0 atom stereocenters. The van der Waals surface area contributed by atoms with Crippen LogP contribution in [-0.4, -0.2) is 100 Å². The number of hydrogen-bond donors (Lipinski definition) is 0. The van der Waals surface area contributed by atoms with Crippen LogP contribution in [0.15, 0.2) is 23.1 Å². The van der Waals surface area contributed by atoms with Crippen molar-refractivity contribution in [3.05, 3.63) is 29.8 Å². The average molecular weight is 447 g/mol. The van der Waals surface area contributed by atoms with Gasteiger partial charge in [-0.25, -0.2) is 17.2 Å². The summed E-state index contributed by atoms with van der Waals surface area (Å²) in [6.45, 7) is 0.997. The fourth-order valence-electron chi connectivity index (χ4n) is 3.17. The van der Waals surface area contributed by atoms with Crippen LogP contribution in [0, 0.1) is 11.6 Å². The van der Waals surface area contributed by atoms with Gasteiger partial charge in [0.2, 0.25) is 21.8 Å². The Bertz CT molecular complexity index is 854. The molecular weight excluding hydrogens is 424 g/mol. The molecule has 166 valence electrons. The molecule has 0 radical (unpaired) electrons. The molecule has 2 aliphatic rings. The Morgan fingerprint density at radius 1 is 0.900 bits per heavy atom. The third kappa shape index (κ3) is 5.31. The summed E-state index contributed by atoms with van der Waals surface area (Å²) in [7, 11) is -4.66. The molecule has 0 N–H and O–H groups in total. The zero-order valence-corrected chi connectivity index (χ0v) is 17.1. The summed E-state index contributed by atoms with van der Waals surface area (Å²) in [6, 6.07) is 2.01. The van der Waals surface area contributed by atoms with Crippen LogP contribution in [0.2, 0.25) is 0 Å². The molecule has 2 aliphatic heterocycles. The Kier molecular flexibility index (Phi) is 7.34. The Hall–Kier alpha value is -2.15. The number of carbonyl (C=O) groups is 2. The van der Waals surface area contributed by atoms with Gasteiger partial charge in [0.25, 0.3) is 0 Å². The quantitative estimate of drug-likeness (QED) is 0.593. The SMILES string of the molecule is O=C(CN(CC(=O)N1CCOCC1)S(=O)(=O)c1cc(F)ccc1F)N1CCOCC1. The van der Waals surface area contributed by atoms with Gasteiger partial charge in [0.15, 0.2) is 0 Å². The van der Waals surface area contributed by atoms with Crippen LogP contribution < -0.4 is 0 Å². The number of amides is 2. The highest BCUT2D eigenvalue weighted by molar-refractivity contribution is 7.89. The van der Waals surface area contributed by atoms with Crippen LogP contribution in [0.5, 0.6) is 0 Å². The van der Waals surface area contributed by atoms with Gasteiger partial charge in [-0.15, -0.1) is 0 Å². The van der Waals surface area contributed by atoms with Crippen LogP contribution in [0.25, 0.3) is 0 Å². The Labute approximate surface area is 173 Å². The minimum atomic E-state index is -4.66. The van der Waals surface area contributed by atoms with Gasteiger partial charge in [-0.2, -0.15) is 4.31 Å². The molecule has 1 aromatic carbocycles. The molecule has 0 spiro atoms. The molecular formula is C18H23F2N3O6S. The van der Waals surface area contributed by atoms with Gasteiger partial charge >= 0.3 is 0 Å². The monoisotopic (exact) mass is 447 g/mol. The van der Waals surface area contributed by atoms with Crippen LogP contribution in [0.1, 0.15) is 0 Å². The van der Waals surface area contributed by atoms with E-state index in [9.17, 15) is 26.8 Å². The molecule has 30 heavy (non-hydrogen) atoms. The Balaban J connectivity index is 1.86. The molecule has 9 nitrogen and oxygen atoms in total. The van der Waals surface area contributed by atoms with Crippen molar-refractivity contribution in [2.45, 2.75) is 4.90 Å². The lowest BCUT2D eigenvalue weighted by molar-refractivity contribution is -0.138. The van der Waals surface area contributed by atoms with Gasteiger partial charge in [-0.3, -0.25) is 9.59 Å². The number of halogens is 2. The van der Waals surface area contributed by atoms with Crippen LogP contribution in [0.4, 0.5) is 8.78 Å². The van der Waals surface area contributed by atoms with E-state index < -0.39 is 51.5 Å². The van der Waals surface area contributed by atoms with E-state index >= 15 is 0 Å². The number of benzene rings is 1. The first kappa shape index (κ1) is 22.5. The average Bonchev–Trinajstić information content (AvgIpc) is 2.76. The lowest BCUT2D eigenvalue weighted by Crippen LogP contribution is -2.51. The second-order valence-electron chi connectivity index (χ2n) is 6.83. The Morgan fingerprint density at radius 2 is 1.37 bits per heavy atom. The zero-order valence-electron chi connectivity index (χ0n) is 16.3. The smallest absolute Gasteiger partial charge is 0.247 e. The first-order valence-electron chi connectivity index (χ1n) is 9.45. The van der Waals surface area contributed by atoms with Crippen LogP contribution >= 0.6 is 0 Å². The predicted molar refractivity (Wildman–Crippen MR) is 99.9 cm³/mol. The number of ether oxygens (including phenoxy) is 2. The van der Waals surface area contributed by atoms with Crippen molar-refractivity contribution in [3.8, 4) is 0 Å². The van der Waals surface area contributed by atoms with Crippen molar-refractivity contribution in [2.75, 3.05) is 65.7 Å². The largest absolute Gasteiger partial charge is 0.378 e. The highest BCUT2D eigenvalue weighted by atomic mass is 32.2. The van der Waals surface area contributed by atoms with E-state index in [-0.39, 0.29) is 26.2 Å². The lowest BCUT2D eigenvalue weighted by Gasteiger charge is -2.31. The van der Waals surface area contributed by atoms with Gasteiger partial charge in [0.05, 0.1) is 39.5 Å². The van der Waals surface area contributed by atoms with Crippen molar-refractivity contribution in [1.82, 2.24) is 14.1 Å². The van der Waals surface area contributed by atoms with E-state index in [0.29, 0.717) is 42.9 Å². The van der Waals surface area contributed by atoms with E-state index in [2.05, 4.69) is 0 Å². The molecule has 0 aromatic heterocycles. The van der Waals surface area contributed by atoms with Crippen LogP contribution in [0.3, 0.4) is 0 Å². The predicted octanol–water partition coefficient (Wildman–Crippen LogP) is -0.327. The molecule has 0 aliphatic carbocycles. The van der Waals surface area contributed by atoms with Crippen molar-refractivity contribution in [2.24, 2.45) is 0 Å². The topological polar surface area (TPSA) is 96.5 Å². The fraction of sp³-hybridized carbons (Fsp3) is 0.556. The zero-order chi connectivity index (χ0) is 21.7. The summed E-state index contributed by atoms with van der Waals surface area (Å²) >= 11 is 0. The van der Waals surface area contributed by atoms with E-state index in [4.69, 9.17) is 9.47 Å². The highest BCUT2D eigenvalue weighted by Gasteiger charge is 2.34. The summed E-state index contributed by atoms with van der Waals surface area (Å²) in [5, 5.41) is 0. The highest BCUT2D eigenvalue weighted by Crippen LogP contribution is 2.21. The van der Waals surface area contributed by atoms with Crippen molar-refractivity contribution < 1.29 is 36.3 Å². The molecule has 2 amide bonds. The second-order valence-corrected chi connectivity index (χ2v) is 8.74. The standard InChI is InChI=1S/C18H23F2N3O6S/c19-14-1-2-15(20)16(11-14)30(26,27)23(12-17(24)21-3-7-28-8-4-21)13-18(25)22-5-9-29-10-6-22/h1-2,11H,3-10,12-13H2. The summed E-state index contributed by atoms with van der Waals surface area (Å²) in [5.41, 5.74) is 0. The maximum absolute atomic E-state index is 14.2. The number of sulfonamides is 1. The normalized spacial score (nSPS) is 18.0. The maximum Gasteiger partial charge on any atom is 0.247 e. The number of morpholine rings is 2. The van der Waals surface area contributed by atoms with E-state index in [1.807, 2.05) is 0 Å². The number of hydrogen-bond acceptors (Lipinski definition) is 6. The Morgan fingerprint density at radius 3 is 1.83 bits per heavy atom. The number of nitrogens with zero attached hydrogens (tertiary/aromatic N) is 3. The summed E-state index contributed by atoms with van der Waals surface area (Å²) in [4.78, 5) is 27.2. The maximum atomic E-state index is 14.2. The molecule has 0 bridgehead atoms. The second kappa shape index (κ2) is 9.77. The molecule has 2 heterocycles. The third-order valence-corrected chi connectivity index (χ3v) is 6.67. The minimum Gasteiger partial charge on any atom is -0.378 e. The van der Waals surface area contributed by atoms with Gasteiger partial charge < -0.3 is 19.3 Å². The van der Waals surface area contributed by atoms with E-state index in [1.165, 1.54) is 9.80 Å². The molecule has 3 rings (SSSR count). The van der Waals surface area contributed by atoms with Gasteiger partial charge in [-0.05, 0) is 18.2 Å². The number of carbonyl (C=O) groups excluding carboxylic acids is 2. The van der Waals surface area contributed by atoms with E-state index in [1.54, 1.807) is 0 Å².